The number of aromatic nitrogens is 2. The van der Waals surface area contributed by atoms with Crippen molar-refractivity contribution < 1.29 is 9.32 Å². The molecule has 3 atom stereocenters. The van der Waals surface area contributed by atoms with Gasteiger partial charge in [0.25, 0.3) is 0 Å². The van der Waals surface area contributed by atoms with E-state index in [1.54, 1.807) is 0 Å². The molecule has 0 spiro atoms. The van der Waals surface area contributed by atoms with Crippen LogP contribution in [0.4, 0.5) is 4.79 Å². The molecule has 7 heteroatoms. The van der Waals surface area contributed by atoms with Crippen LogP contribution in [0.2, 0.25) is 0 Å². The summed E-state index contributed by atoms with van der Waals surface area (Å²) < 4.78 is 5.71. The molecule has 2 heterocycles. The highest BCUT2D eigenvalue weighted by molar-refractivity contribution is 5.74. The number of hydrogen-bond acceptors (Lipinski definition) is 5. The number of hydrogen-bond donors (Lipinski definition) is 2. The van der Waals surface area contributed by atoms with Crippen molar-refractivity contribution in [3.63, 3.8) is 0 Å². The second-order valence-corrected chi connectivity index (χ2v) is 9.74. The SMILES string of the molecule is Cc1noc([C@]23C[C@H](NC(=O)NC4CCCCC4)C[C@H]2CN(Cc2ccccc2)C3)n1. The second-order valence-electron chi connectivity index (χ2n) is 9.74. The van der Waals surface area contributed by atoms with Crippen LogP contribution in [0.25, 0.3) is 0 Å². The van der Waals surface area contributed by atoms with E-state index in [9.17, 15) is 4.79 Å². The summed E-state index contributed by atoms with van der Waals surface area (Å²) in [6.07, 6.45) is 7.71. The molecule has 1 aromatic heterocycles. The molecule has 31 heavy (non-hydrogen) atoms. The standard InChI is InChI=1S/C24H33N5O2/c1-17-25-22(31-28-17)24-13-21(27-23(30)26-20-10-6-3-7-11-20)12-19(24)15-29(16-24)14-18-8-4-2-5-9-18/h2,4-5,8-9,19-21H,3,6-7,10-16H2,1H3,(H2,26,27,30)/t19-,21+,24-/m0/s1. The molecule has 0 bridgehead atoms. The summed E-state index contributed by atoms with van der Waals surface area (Å²) >= 11 is 0. The summed E-state index contributed by atoms with van der Waals surface area (Å²) in [5.74, 6) is 1.81. The number of rotatable bonds is 5. The largest absolute Gasteiger partial charge is 0.339 e. The average Bonchev–Trinajstić information content (AvgIpc) is 3.42. The normalized spacial score (nSPS) is 29.1. The quantitative estimate of drug-likeness (QED) is 0.769. The molecule has 5 rings (SSSR count). The number of carbonyl (C=O) groups excluding carboxylic acids is 1. The Balaban J connectivity index is 1.27. The molecule has 2 amide bonds. The molecule has 166 valence electrons. The molecule has 2 saturated carbocycles. The molecule has 1 aliphatic heterocycles. The van der Waals surface area contributed by atoms with Crippen molar-refractivity contribution in [2.24, 2.45) is 5.92 Å². The molecule has 3 fully saturated rings. The first-order chi connectivity index (χ1) is 15.1. The highest BCUT2D eigenvalue weighted by atomic mass is 16.5. The molecular weight excluding hydrogens is 390 g/mol. The summed E-state index contributed by atoms with van der Waals surface area (Å²) in [6.45, 7) is 4.67. The predicted octanol–water partition coefficient (Wildman–Crippen LogP) is 3.54. The van der Waals surface area contributed by atoms with E-state index in [4.69, 9.17) is 4.52 Å². The number of fused-ring (bicyclic) bond motifs is 1. The van der Waals surface area contributed by atoms with Gasteiger partial charge in [0.2, 0.25) is 5.89 Å². The lowest BCUT2D eigenvalue weighted by Gasteiger charge is -2.26. The van der Waals surface area contributed by atoms with E-state index in [2.05, 4.69) is 56.0 Å². The van der Waals surface area contributed by atoms with Gasteiger partial charge in [-0.05, 0) is 44.1 Å². The molecule has 0 unspecified atom stereocenters. The predicted molar refractivity (Wildman–Crippen MR) is 117 cm³/mol. The van der Waals surface area contributed by atoms with Gasteiger partial charge in [-0.2, -0.15) is 4.98 Å². The van der Waals surface area contributed by atoms with Gasteiger partial charge in [0, 0.05) is 31.7 Å². The molecule has 2 aromatic rings. The topological polar surface area (TPSA) is 83.3 Å². The first-order valence-electron chi connectivity index (χ1n) is 11.7. The molecule has 1 saturated heterocycles. The minimum atomic E-state index is -0.182. The zero-order valence-corrected chi connectivity index (χ0v) is 18.3. The highest BCUT2D eigenvalue weighted by Gasteiger charge is 2.57. The van der Waals surface area contributed by atoms with Crippen LogP contribution >= 0.6 is 0 Å². The van der Waals surface area contributed by atoms with Gasteiger partial charge in [0.1, 0.15) is 0 Å². The van der Waals surface area contributed by atoms with Gasteiger partial charge in [0.05, 0.1) is 5.41 Å². The monoisotopic (exact) mass is 423 g/mol. The van der Waals surface area contributed by atoms with Crippen molar-refractivity contribution in [2.75, 3.05) is 13.1 Å². The third-order valence-electron chi connectivity index (χ3n) is 7.42. The fraction of sp³-hybridized carbons (Fsp3) is 0.625. The fourth-order valence-corrected chi connectivity index (χ4v) is 6.04. The van der Waals surface area contributed by atoms with Gasteiger partial charge < -0.3 is 15.2 Å². The van der Waals surface area contributed by atoms with Crippen LogP contribution in [0, 0.1) is 12.8 Å². The zero-order valence-electron chi connectivity index (χ0n) is 18.3. The van der Waals surface area contributed by atoms with Crippen LogP contribution in [0.1, 0.15) is 62.2 Å². The van der Waals surface area contributed by atoms with Crippen LogP contribution in [0.3, 0.4) is 0 Å². The lowest BCUT2D eigenvalue weighted by Crippen LogP contribution is -2.47. The third-order valence-corrected chi connectivity index (χ3v) is 7.42. The number of nitrogens with zero attached hydrogens (tertiary/aromatic N) is 3. The molecule has 2 N–H and O–H groups in total. The number of urea groups is 1. The minimum absolute atomic E-state index is 0.0186. The average molecular weight is 424 g/mol. The Labute approximate surface area is 184 Å². The van der Waals surface area contributed by atoms with Gasteiger partial charge in [-0.25, -0.2) is 4.79 Å². The maximum Gasteiger partial charge on any atom is 0.315 e. The Morgan fingerprint density at radius 2 is 1.94 bits per heavy atom. The minimum Gasteiger partial charge on any atom is -0.339 e. The van der Waals surface area contributed by atoms with E-state index < -0.39 is 0 Å². The van der Waals surface area contributed by atoms with E-state index in [0.717, 1.165) is 51.2 Å². The number of benzene rings is 1. The van der Waals surface area contributed by atoms with Gasteiger partial charge in [-0.15, -0.1) is 0 Å². The van der Waals surface area contributed by atoms with Crippen molar-refractivity contribution in [1.82, 2.24) is 25.7 Å². The Morgan fingerprint density at radius 3 is 2.68 bits per heavy atom. The Bertz CT molecular complexity index is 894. The summed E-state index contributed by atoms with van der Waals surface area (Å²) in [5.41, 5.74) is 1.14. The zero-order chi connectivity index (χ0) is 21.3. The number of nitrogens with one attached hydrogen (secondary N) is 2. The van der Waals surface area contributed by atoms with E-state index in [1.165, 1.54) is 24.8 Å². The summed E-state index contributed by atoms with van der Waals surface area (Å²) in [7, 11) is 0. The Morgan fingerprint density at radius 1 is 1.16 bits per heavy atom. The first-order valence-corrected chi connectivity index (χ1v) is 11.7. The van der Waals surface area contributed by atoms with E-state index >= 15 is 0 Å². The van der Waals surface area contributed by atoms with Crippen LogP contribution < -0.4 is 10.6 Å². The molecule has 7 nitrogen and oxygen atoms in total. The molecule has 2 aliphatic carbocycles. The lowest BCUT2D eigenvalue weighted by atomic mass is 9.80. The summed E-state index contributed by atoms with van der Waals surface area (Å²) in [6, 6.07) is 11.0. The van der Waals surface area contributed by atoms with E-state index in [0.29, 0.717) is 17.8 Å². The number of carbonyl (C=O) groups is 1. The van der Waals surface area contributed by atoms with Crippen molar-refractivity contribution >= 4 is 6.03 Å². The molecule has 1 aromatic carbocycles. The number of aryl methyl sites for hydroxylation is 1. The van der Waals surface area contributed by atoms with Gasteiger partial charge in [-0.3, -0.25) is 4.90 Å². The summed E-state index contributed by atoms with van der Waals surface area (Å²) in [4.78, 5) is 19.8. The molecule has 0 radical (unpaired) electrons. The van der Waals surface area contributed by atoms with E-state index in [1.807, 2.05) is 6.92 Å². The van der Waals surface area contributed by atoms with E-state index in [-0.39, 0.29) is 17.5 Å². The number of likely N-dealkylation sites (tertiary alicyclic amines) is 1. The first kappa shape index (κ1) is 20.5. The highest BCUT2D eigenvalue weighted by Crippen LogP contribution is 2.50. The fourth-order valence-electron chi connectivity index (χ4n) is 6.04. The van der Waals surface area contributed by atoms with Gasteiger partial charge in [-0.1, -0.05) is 54.8 Å². The lowest BCUT2D eigenvalue weighted by molar-refractivity contribution is 0.222. The summed E-state index contributed by atoms with van der Waals surface area (Å²) in [5, 5.41) is 10.5. The molecular formula is C24H33N5O2. The van der Waals surface area contributed by atoms with Crippen molar-refractivity contribution in [3.8, 4) is 0 Å². The van der Waals surface area contributed by atoms with Gasteiger partial charge >= 0.3 is 6.03 Å². The van der Waals surface area contributed by atoms with Crippen LogP contribution in [-0.2, 0) is 12.0 Å². The Kier molecular flexibility index (Phi) is 5.69. The van der Waals surface area contributed by atoms with Crippen LogP contribution in [-0.4, -0.2) is 46.2 Å². The number of amides is 2. The maximum atomic E-state index is 12.7. The van der Waals surface area contributed by atoms with Crippen molar-refractivity contribution in [3.05, 3.63) is 47.6 Å². The Hall–Kier alpha value is -2.41. The van der Waals surface area contributed by atoms with Crippen molar-refractivity contribution in [2.45, 2.75) is 75.9 Å². The van der Waals surface area contributed by atoms with Gasteiger partial charge in [0.15, 0.2) is 5.82 Å². The maximum absolute atomic E-state index is 12.7. The van der Waals surface area contributed by atoms with Crippen LogP contribution in [0.15, 0.2) is 34.9 Å². The third kappa shape index (κ3) is 4.33. The van der Waals surface area contributed by atoms with Crippen LogP contribution in [0.5, 0.6) is 0 Å². The molecule has 3 aliphatic rings. The second kappa shape index (κ2) is 8.61. The smallest absolute Gasteiger partial charge is 0.315 e. The van der Waals surface area contributed by atoms with Crippen molar-refractivity contribution in [1.29, 1.82) is 0 Å².